The Hall–Kier alpha value is -1.99. The van der Waals surface area contributed by atoms with E-state index in [2.05, 4.69) is 20.3 Å². The Kier molecular flexibility index (Phi) is 4.54. The Labute approximate surface area is 130 Å². The molecule has 0 aliphatic heterocycles. The van der Waals surface area contributed by atoms with Gasteiger partial charge >= 0.3 is 5.97 Å². The molecule has 21 heavy (non-hydrogen) atoms. The van der Waals surface area contributed by atoms with E-state index in [4.69, 9.17) is 5.11 Å². The van der Waals surface area contributed by atoms with Crippen molar-refractivity contribution in [3.63, 3.8) is 0 Å². The Morgan fingerprint density at radius 2 is 1.62 bits per heavy atom. The first-order chi connectivity index (χ1) is 9.88. The molecule has 0 bridgehead atoms. The summed E-state index contributed by atoms with van der Waals surface area (Å²) in [5.74, 6) is -1.11. The molecule has 0 saturated heterocycles. The average molecular weight is 368 g/mol. The predicted octanol–water partition coefficient (Wildman–Crippen LogP) is 2.96. The van der Waals surface area contributed by atoms with Crippen LogP contribution in [0, 0.1) is 0 Å². The highest BCUT2D eigenvalue weighted by molar-refractivity contribution is 9.10. The standard InChI is InChI=1S/C14H10BrNO4S/c15-12-5-1-10(2-6-12)9-16-21(19,20)13-7-3-11(4-8-13)14(17)18/h1-9H,(H,17,18)/b16-9+. The first-order valence-electron chi connectivity index (χ1n) is 5.78. The van der Waals surface area contributed by atoms with Gasteiger partial charge in [-0.2, -0.15) is 12.8 Å². The van der Waals surface area contributed by atoms with Crippen molar-refractivity contribution in [1.29, 1.82) is 0 Å². The molecule has 2 aromatic rings. The second kappa shape index (κ2) is 6.19. The maximum absolute atomic E-state index is 12.0. The van der Waals surface area contributed by atoms with E-state index in [1.54, 1.807) is 24.3 Å². The summed E-state index contributed by atoms with van der Waals surface area (Å²) in [5, 5.41) is 8.77. The Bertz CT molecular complexity index is 781. The van der Waals surface area contributed by atoms with Crippen LogP contribution in [0.3, 0.4) is 0 Å². The van der Waals surface area contributed by atoms with Crippen LogP contribution in [0.4, 0.5) is 0 Å². The van der Waals surface area contributed by atoms with E-state index in [-0.39, 0.29) is 10.5 Å². The van der Waals surface area contributed by atoms with Crippen LogP contribution in [0.25, 0.3) is 0 Å². The van der Waals surface area contributed by atoms with Gasteiger partial charge in [0.1, 0.15) is 0 Å². The smallest absolute Gasteiger partial charge is 0.335 e. The number of sulfonamides is 1. The summed E-state index contributed by atoms with van der Waals surface area (Å²) in [4.78, 5) is 10.7. The first-order valence-corrected chi connectivity index (χ1v) is 8.01. The van der Waals surface area contributed by atoms with Crippen LogP contribution >= 0.6 is 15.9 Å². The van der Waals surface area contributed by atoms with E-state index in [1.165, 1.54) is 30.5 Å². The number of halogens is 1. The number of hydrogen-bond acceptors (Lipinski definition) is 3. The molecule has 0 aromatic heterocycles. The molecule has 0 fully saturated rings. The zero-order valence-corrected chi connectivity index (χ0v) is 13.0. The highest BCUT2D eigenvalue weighted by Crippen LogP contribution is 2.14. The minimum atomic E-state index is -3.85. The van der Waals surface area contributed by atoms with Gasteiger partial charge in [-0.3, -0.25) is 0 Å². The molecule has 0 atom stereocenters. The van der Waals surface area contributed by atoms with Crippen molar-refractivity contribution in [1.82, 2.24) is 0 Å². The molecule has 2 rings (SSSR count). The summed E-state index contributed by atoms with van der Waals surface area (Å²) >= 11 is 3.28. The fourth-order valence-corrected chi connectivity index (χ4v) is 2.64. The van der Waals surface area contributed by atoms with E-state index in [1.807, 2.05) is 0 Å². The molecule has 7 heteroatoms. The van der Waals surface area contributed by atoms with Crippen molar-refractivity contribution in [3.8, 4) is 0 Å². The zero-order valence-electron chi connectivity index (χ0n) is 10.6. The number of aromatic carboxylic acids is 1. The van der Waals surface area contributed by atoms with Crippen LogP contribution in [0.2, 0.25) is 0 Å². The minimum Gasteiger partial charge on any atom is -0.478 e. The van der Waals surface area contributed by atoms with Gasteiger partial charge in [-0.25, -0.2) is 4.79 Å². The van der Waals surface area contributed by atoms with Gasteiger partial charge in [0.2, 0.25) is 0 Å². The quantitative estimate of drug-likeness (QED) is 0.841. The monoisotopic (exact) mass is 367 g/mol. The maximum Gasteiger partial charge on any atom is 0.335 e. The van der Waals surface area contributed by atoms with Gasteiger partial charge in [-0.05, 0) is 42.0 Å². The molecule has 2 aromatic carbocycles. The van der Waals surface area contributed by atoms with Gasteiger partial charge in [0.15, 0.2) is 0 Å². The molecule has 0 aliphatic rings. The SMILES string of the molecule is O=C(O)c1ccc(S(=O)(=O)/N=C/c2ccc(Br)cc2)cc1. The fourth-order valence-electron chi connectivity index (χ4n) is 1.51. The van der Waals surface area contributed by atoms with E-state index in [0.29, 0.717) is 5.56 Å². The largest absolute Gasteiger partial charge is 0.478 e. The number of benzene rings is 2. The molecule has 108 valence electrons. The molecule has 0 saturated carbocycles. The summed E-state index contributed by atoms with van der Waals surface area (Å²) in [7, 11) is -3.85. The number of rotatable bonds is 4. The molecule has 0 unspecified atom stereocenters. The molecule has 0 aliphatic carbocycles. The third-order valence-electron chi connectivity index (χ3n) is 2.61. The zero-order chi connectivity index (χ0) is 15.5. The molecule has 0 spiro atoms. The molecule has 1 N–H and O–H groups in total. The number of hydrogen-bond donors (Lipinski definition) is 1. The molecule has 0 radical (unpaired) electrons. The third-order valence-corrected chi connectivity index (χ3v) is 4.39. The normalized spacial score (nSPS) is 11.7. The van der Waals surface area contributed by atoms with Crippen LogP contribution in [-0.2, 0) is 10.0 Å². The van der Waals surface area contributed by atoms with E-state index >= 15 is 0 Å². The summed E-state index contributed by atoms with van der Waals surface area (Å²) in [6, 6.07) is 11.9. The van der Waals surface area contributed by atoms with Gasteiger partial charge in [0.25, 0.3) is 10.0 Å². The van der Waals surface area contributed by atoms with Gasteiger partial charge in [-0.15, -0.1) is 0 Å². The number of carboxylic acids is 1. The Morgan fingerprint density at radius 1 is 1.05 bits per heavy atom. The van der Waals surface area contributed by atoms with Gasteiger partial charge < -0.3 is 5.11 Å². The molecule has 0 heterocycles. The van der Waals surface area contributed by atoms with Crippen molar-refractivity contribution >= 4 is 38.1 Å². The summed E-state index contributed by atoms with van der Waals surface area (Å²) in [6.07, 6.45) is 1.24. The highest BCUT2D eigenvalue weighted by Gasteiger charge is 2.12. The van der Waals surface area contributed by atoms with Crippen molar-refractivity contribution < 1.29 is 18.3 Å². The first kappa shape index (κ1) is 15.4. The summed E-state index contributed by atoms with van der Waals surface area (Å²) in [6.45, 7) is 0. The van der Waals surface area contributed by atoms with Crippen molar-refractivity contribution in [2.45, 2.75) is 4.90 Å². The maximum atomic E-state index is 12.0. The van der Waals surface area contributed by atoms with E-state index in [9.17, 15) is 13.2 Å². The minimum absolute atomic E-state index is 0.0193. The van der Waals surface area contributed by atoms with E-state index < -0.39 is 16.0 Å². The molecular formula is C14H10BrNO4S. The van der Waals surface area contributed by atoms with Crippen LogP contribution in [0.15, 0.2) is 62.3 Å². The van der Waals surface area contributed by atoms with Gasteiger partial charge in [0.05, 0.1) is 10.5 Å². The lowest BCUT2D eigenvalue weighted by atomic mass is 10.2. The number of carbonyl (C=O) groups is 1. The van der Waals surface area contributed by atoms with Crippen LogP contribution in [0.5, 0.6) is 0 Å². The Morgan fingerprint density at radius 3 is 2.14 bits per heavy atom. The lowest BCUT2D eigenvalue weighted by Crippen LogP contribution is -2.00. The second-order valence-corrected chi connectivity index (χ2v) is 6.64. The van der Waals surface area contributed by atoms with Gasteiger partial charge in [0, 0.05) is 10.7 Å². The summed E-state index contributed by atoms with van der Waals surface area (Å²) in [5.41, 5.74) is 0.662. The van der Waals surface area contributed by atoms with Crippen LogP contribution in [-0.4, -0.2) is 25.7 Å². The fraction of sp³-hybridized carbons (Fsp3) is 0. The van der Waals surface area contributed by atoms with Crippen LogP contribution < -0.4 is 0 Å². The molecular weight excluding hydrogens is 358 g/mol. The topological polar surface area (TPSA) is 83.8 Å². The van der Waals surface area contributed by atoms with E-state index in [0.717, 1.165) is 4.47 Å². The van der Waals surface area contributed by atoms with Crippen molar-refractivity contribution in [3.05, 3.63) is 64.1 Å². The number of carboxylic acid groups (broad SMARTS) is 1. The lowest BCUT2D eigenvalue weighted by molar-refractivity contribution is 0.0696. The third kappa shape index (κ3) is 3.99. The summed E-state index contributed by atoms with van der Waals surface area (Å²) < 4.78 is 28.5. The Balaban J connectivity index is 2.25. The highest BCUT2D eigenvalue weighted by atomic mass is 79.9. The van der Waals surface area contributed by atoms with Gasteiger partial charge in [-0.1, -0.05) is 28.1 Å². The second-order valence-electron chi connectivity index (χ2n) is 4.09. The number of nitrogens with zero attached hydrogens (tertiary/aromatic N) is 1. The average Bonchev–Trinajstić information content (AvgIpc) is 2.47. The predicted molar refractivity (Wildman–Crippen MR) is 82.3 cm³/mol. The van der Waals surface area contributed by atoms with Crippen molar-refractivity contribution in [2.75, 3.05) is 0 Å². The molecule has 5 nitrogen and oxygen atoms in total. The van der Waals surface area contributed by atoms with Crippen molar-refractivity contribution in [2.24, 2.45) is 4.40 Å². The van der Waals surface area contributed by atoms with Crippen LogP contribution in [0.1, 0.15) is 15.9 Å². The molecule has 0 amide bonds. The lowest BCUT2D eigenvalue weighted by Gasteiger charge is -2.00.